The van der Waals surface area contributed by atoms with Crippen molar-refractivity contribution < 1.29 is 28.7 Å². The topological polar surface area (TPSA) is 129 Å². The Morgan fingerprint density at radius 1 is 0.974 bits per heavy atom. The molecule has 198 valence electrons. The van der Waals surface area contributed by atoms with Gasteiger partial charge in [0.15, 0.2) is 11.9 Å². The highest BCUT2D eigenvalue weighted by molar-refractivity contribution is 6.04. The molecule has 0 saturated carbocycles. The SMILES string of the molecule is CCOc1ccc(C(=O)Oc2ccc3ccccc3c2/C=N\NC(=O)[C@H](C)Oc2ccccc2[N+](=O)[O-])cc1. The Balaban J connectivity index is 1.52. The summed E-state index contributed by atoms with van der Waals surface area (Å²) in [5.74, 6) is -0.346. The van der Waals surface area contributed by atoms with Crippen molar-refractivity contribution in [1.29, 1.82) is 0 Å². The maximum Gasteiger partial charge on any atom is 0.343 e. The number of nitro benzene ring substituents is 1. The van der Waals surface area contributed by atoms with Gasteiger partial charge in [0.2, 0.25) is 0 Å². The van der Waals surface area contributed by atoms with E-state index in [4.69, 9.17) is 14.2 Å². The fourth-order valence-electron chi connectivity index (χ4n) is 3.71. The summed E-state index contributed by atoms with van der Waals surface area (Å²) >= 11 is 0. The number of hydrogen-bond acceptors (Lipinski definition) is 8. The molecule has 1 N–H and O–H groups in total. The second-order valence-corrected chi connectivity index (χ2v) is 8.26. The first kappa shape index (κ1) is 26.8. The number of nitro groups is 1. The molecular weight excluding hydrogens is 502 g/mol. The molecule has 0 unspecified atom stereocenters. The van der Waals surface area contributed by atoms with Gasteiger partial charge in [-0.1, -0.05) is 42.5 Å². The molecule has 10 heteroatoms. The van der Waals surface area contributed by atoms with Crippen molar-refractivity contribution in [3.63, 3.8) is 0 Å². The zero-order valence-electron chi connectivity index (χ0n) is 21.2. The van der Waals surface area contributed by atoms with Crippen LogP contribution in [0, 0.1) is 10.1 Å². The molecule has 0 spiro atoms. The van der Waals surface area contributed by atoms with Crippen molar-refractivity contribution in [3.05, 3.63) is 106 Å². The molecule has 1 amide bonds. The quantitative estimate of drug-likeness (QED) is 0.0976. The first-order valence-corrected chi connectivity index (χ1v) is 12.1. The van der Waals surface area contributed by atoms with Gasteiger partial charge in [0.25, 0.3) is 5.91 Å². The molecule has 10 nitrogen and oxygen atoms in total. The highest BCUT2D eigenvalue weighted by Gasteiger charge is 2.20. The van der Waals surface area contributed by atoms with Gasteiger partial charge in [-0.3, -0.25) is 14.9 Å². The normalized spacial score (nSPS) is 11.6. The number of carbonyl (C=O) groups excluding carboxylic acids is 2. The van der Waals surface area contributed by atoms with E-state index in [1.807, 2.05) is 37.3 Å². The number of hydrogen-bond donors (Lipinski definition) is 1. The smallest absolute Gasteiger partial charge is 0.343 e. The molecule has 0 heterocycles. The molecule has 1 atom stereocenters. The van der Waals surface area contributed by atoms with E-state index >= 15 is 0 Å². The number of para-hydroxylation sites is 2. The lowest BCUT2D eigenvalue weighted by Gasteiger charge is -2.13. The molecule has 0 fully saturated rings. The highest BCUT2D eigenvalue weighted by Crippen LogP contribution is 2.28. The minimum absolute atomic E-state index is 0.0355. The van der Waals surface area contributed by atoms with Crippen molar-refractivity contribution in [1.82, 2.24) is 5.43 Å². The molecule has 0 aliphatic rings. The molecule has 39 heavy (non-hydrogen) atoms. The van der Waals surface area contributed by atoms with Crippen molar-refractivity contribution in [3.8, 4) is 17.2 Å². The van der Waals surface area contributed by atoms with Crippen LogP contribution in [-0.4, -0.2) is 35.7 Å². The van der Waals surface area contributed by atoms with Gasteiger partial charge in [0, 0.05) is 11.6 Å². The van der Waals surface area contributed by atoms with Gasteiger partial charge in [-0.05, 0) is 61.0 Å². The summed E-state index contributed by atoms with van der Waals surface area (Å²) in [7, 11) is 0. The van der Waals surface area contributed by atoms with Gasteiger partial charge in [-0.15, -0.1) is 0 Å². The zero-order chi connectivity index (χ0) is 27.8. The van der Waals surface area contributed by atoms with Crippen molar-refractivity contribution in [2.24, 2.45) is 5.10 Å². The summed E-state index contributed by atoms with van der Waals surface area (Å²) in [6.45, 7) is 3.83. The van der Waals surface area contributed by atoms with Crippen LogP contribution in [-0.2, 0) is 4.79 Å². The molecule has 0 bridgehead atoms. The third-order valence-corrected chi connectivity index (χ3v) is 5.64. The molecule has 4 aromatic carbocycles. The number of carbonyl (C=O) groups is 2. The number of fused-ring (bicyclic) bond motifs is 1. The third kappa shape index (κ3) is 6.55. The van der Waals surface area contributed by atoms with E-state index < -0.39 is 22.9 Å². The lowest BCUT2D eigenvalue weighted by atomic mass is 10.0. The van der Waals surface area contributed by atoms with Crippen molar-refractivity contribution in [2.75, 3.05) is 6.61 Å². The number of nitrogens with zero attached hydrogens (tertiary/aromatic N) is 2. The van der Waals surface area contributed by atoms with Crippen molar-refractivity contribution >= 4 is 34.6 Å². The Labute approximate surface area is 224 Å². The van der Waals surface area contributed by atoms with E-state index in [2.05, 4.69) is 10.5 Å². The van der Waals surface area contributed by atoms with Gasteiger partial charge in [0.1, 0.15) is 11.5 Å². The van der Waals surface area contributed by atoms with Crippen LogP contribution in [0.4, 0.5) is 5.69 Å². The molecule has 0 aromatic heterocycles. The van der Waals surface area contributed by atoms with E-state index in [0.29, 0.717) is 23.5 Å². The second-order valence-electron chi connectivity index (χ2n) is 8.26. The number of benzene rings is 4. The summed E-state index contributed by atoms with van der Waals surface area (Å²) in [6.07, 6.45) is 0.298. The van der Waals surface area contributed by atoms with Crippen LogP contribution in [0.1, 0.15) is 29.8 Å². The molecule has 0 radical (unpaired) electrons. The highest BCUT2D eigenvalue weighted by atomic mass is 16.6. The summed E-state index contributed by atoms with van der Waals surface area (Å²) in [6, 6.07) is 23.3. The summed E-state index contributed by atoms with van der Waals surface area (Å²) in [4.78, 5) is 36.1. The molecular formula is C29H25N3O7. The van der Waals surface area contributed by atoms with Crippen LogP contribution in [0.2, 0.25) is 0 Å². The zero-order valence-corrected chi connectivity index (χ0v) is 21.2. The summed E-state index contributed by atoms with van der Waals surface area (Å²) in [5.41, 5.74) is 2.93. The Kier molecular flexibility index (Phi) is 8.47. The van der Waals surface area contributed by atoms with E-state index in [1.54, 1.807) is 36.4 Å². The van der Waals surface area contributed by atoms with Crippen LogP contribution in [0.25, 0.3) is 10.8 Å². The van der Waals surface area contributed by atoms with E-state index in [0.717, 1.165) is 10.8 Å². The molecule has 4 aromatic rings. The van der Waals surface area contributed by atoms with Crippen LogP contribution in [0.15, 0.2) is 90.0 Å². The minimum atomic E-state index is -1.08. The van der Waals surface area contributed by atoms with Crippen LogP contribution in [0.5, 0.6) is 17.2 Å². The van der Waals surface area contributed by atoms with Gasteiger partial charge in [0.05, 0.1) is 23.3 Å². The number of ether oxygens (including phenoxy) is 3. The monoisotopic (exact) mass is 527 g/mol. The molecule has 0 aliphatic heterocycles. The lowest BCUT2D eigenvalue weighted by molar-refractivity contribution is -0.386. The number of hydrazone groups is 1. The van der Waals surface area contributed by atoms with Gasteiger partial charge in [-0.2, -0.15) is 5.10 Å². The number of amides is 1. The number of esters is 1. The van der Waals surface area contributed by atoms with E-state index in [-0.39, 0.29) is 17.2 Å². The Hall–Kier alpha value is -5.25. The summed E-state index contributed by atoms with van der Waals surface area (Å²) in [5, 5.41) is 16.9. The van der Waals surface area contributed by atoms with Gasteiger partial charge < -0.3 is 14.2 Å². The van der Waals surface area contributed by atoms with E-state index in [9.17, 15) is 19.7 Å². The molecule has 4 rings (SSSR count). The molecule has 0 aliphatic carbocycles. The predicted octanol–water partition coefficient (Wildman–Crippen LogP) is 5.28. The van der Waals surface area contributed by atoms with Crippen molar-refractivity contribution in [2.45, 2.75) is 20.0 Å². The lowest BCUT2D eigenvalue weighted by Crippen LogP contribution is -2.33. The first-order chi connectivity index (χ1) is 18.9. The van der Waals surface area contributed by atoms with E-state index in [1.165, 1.54) is 31.3 Å². The summed E-state index contributed by atoms with van der Waals surface area (Å²) < 4.78 is 16.6. The third-order valence-electron chi connectivity index (χ3n) is 5.64. The number of rotatable bonds is 10. The largest absolute Gasteiger partial charge is 0.494 e. The number of nitrogens with one attached hydrogen (secondary N) is 1. The maximum absolute atomic E-state index is 12.9. The van der Waals surface area contributed by atoms with Crippen LogP contribution in [0.3, 0.4) is 0 Å². The van der Waals surface area contributed by atoms with Crippen LogP contribution < -0.4 is 19.6 Å². The molecule has 0 saturated heterocycles. The maximum atomic E-state index is 12.9. The predicted molar refractivity (Wildman–Crippen MR) is 145 cm³/mol. The standard InChI is InChI=1S/C29H25N3O7/c1-3-37-22-15-12-21(13-16-22)29(34)39-26-17-14-20-8-4-5-9-23(20)24(26)18-30-31-28(33)19(2)38-27-11-7-6-10-25(27)32(35)36/h4-19H,3H2,1-2H3,(H,31,33)/b30-18-/t19-/m0/s1. The minimum Gasteiger partial charge on any atom is -0.494 e. The fourth-order valence-corrected chi connectivity index (χ4v) is 3.71. The second kappa shape index (κ2) is 12.3. The Morgan fingerprint density at radius 2 is 1.69 bits per heavy atom. The average Bonchev–Trinajstić information content (AvgIpc) is 2.94. The van der Waals surface area contributed by atoms with Gasteiger partial charge in [-0.25, -0.2) is 10.2 Å². The first-order valence-electron chi connectivity index (χ1n) is 12.1. The van der Waals surface area contributed by atoms with Gasteiger partial charge >= 0.3 is 11.7 Å². The Bertz CT molecular complexity index is 1530. The Morgan fingerprint density at radius 3 is 2.44 bits per heavy atom. The fraction of sp³-hybridized carbons (Fsp3) is 0.138. The average molecular weight is 528 g/mol. The van der Waals surface area contributed by atoms with Crippen LogP contribution >= 0.6 is 0 Å².